The van der Waals surface area contributed by atoms with Gasteiger partial charge in [0.2, 0.25) is 11.8 Å². The van der Waals surface area contributed by atoms with Crippen molar-refractivity contribution in [3.63, 3.8) is 0 Å². The molecular formula is C10H16N2O4. The number of carbonyl (C=O) groups excluding carboxylic acids is 2. The van der Waals surface area contributed by atoms with Gasteiger partial charge in [-0.15, -0.1) is 0 Å². The lowest BCUT2D eigenvalue weighted by Crippen LogP contribution is -2.43. The Morgan fingerprint density at radius 1 is 1.44 bits per heavy atom. The highest BCUT2D eigenvalue weighted by molar-refractivity contribution is 5.96. The van der Waals surface area contributed by atoms with E-state index in [4.69, 9.17) is 10.8 Å². The molecule has 0 saturated carbocycles. The average Bonchev–Trinajstić information content (AvgIpc) is 2.16. The molecule has 0 aromatic heterocycles. The van der Waals surface area contributed by atoms with E-state index in [0.717, 1.165) is 0 Å². The van der Waals surface area contributed by atoms with Crippen molar-refractivity contribution < 1.29 is 19.5 Å². The lowest BCUT2D eigenvalue weighted by molar-refractivity contribution is -0.142. The number of amides is 2. The lowest BCUT2D eigenvalue weighted by Gasteiger charge is -2.12. The van der Waals surface area contributed by atoms with Gasteiger partial charge in [-0.05, 0) is 13.3 Å². The van der Waals surface area contributed by atoms with Crippen LogP contribution in [0.1, 0.15) is 26.7 Å². The van der Waals surface area contributed by atoms with Gasteiger partial charge < -0.3 is 16.2 Å². The van der Waals surface area contributed by atoms with Gasteiger partial charge >= 0.3 is 5.97 Å². The van der Waals surface area contributed by atoms with Gasteiger partial charge in [0.1, 0.15) is 6.04 Å². The largest absolute Gasteiger partial charge is 0.480 e. The minimum absolute atomic E-state index is 0.415. The number of nitrogens with two attached hydrogens (primary N) is 1. The summed E-state index contributed by atoms with van der Waals surface area (Å²) in [5.41, 5.74) is 5.29. The highest BCUT2D eigenvalue weighted by atomic mass is 16.4. The Morgan fingerprint density at radius 3 is 2.38 bits per heavy atom. The van der Waals surface area contributed by atoms with Crippen molar-refractivity contribution in [3.05, 3.63) is 11.6 Å². The predicted molar refractivity (Wildman–Crippen MR) is 57.4 cm³/mol. The Kier molecular flexibility index (Phi) is 5.84. The first-order chi connectivity index (χ1) is 7.38. The zero-order chi connectivity index (χ0) is 12.7. The summed E-state index contributed by atoms with van der Waals surface area (Å²) in [6.07, 6.45) is 1.92. The molecule has 6 nitrogen and oxygen atoms in total. The molecule has 0 fully saturated rings. The minimum Gasteiger partial charge on any atom is -0.480 e. The Bertz CT molecular complexity index is 323. The summed E-state index contributed by atoms with van der Waals surface area (Å²) in [5, 5.41) is 11.0. The van der Waals surface area contributed by atoms with Crippen molar-refractivity contribution in [1.29, 1.82) is 0 Å². The van der Waals surface area contributed by atoms with Gasteiger partial charge in [-0.3, -0.25) is 9.59 Å². The first kappa shape index (κ1) is 14.2. The Balaban J connectivity index is 4.52. The number of carboxylic acids is 1. The first-order valence-corrected chi connectivity index (χ1v) is 4.87. The number of carbonyl (C=O) groups is 3. The summed E-state index contributed by atoms with van der Waals surface area (Å²) in [5.74, 6) is -2.56. The van der Waals surface area contributed by atoms with Crippen LogP contribution in [0.25, 0.3) is 0 Å². The SMILES string of the molecule is CCC=C(C)C(=O)N[C@@H](CC(N)=O)C(=O)O. The summed E-state index contributed by atoms with van der Waals surface area (Å²) in [7, 11) is 0. The summed E-state index contributed by atoms with van der Waals surface area (Å²) >= 11 is 0. The fourth-order valence-electron chi connectivity index (χ4n) is 1.07. The van der Waals surface area contributed by atoms with Gasteiger partial charge in [0.05, 0.1) is 6.42 Å². The molecule has 6 heteroatoms. The molecule has 0 aliphatic rings. The number of carboxylic acid groups (broad SMARTS) is 1. The van der Waals surface area contributed by atoms with E-state index in [1.165, 1.54) is 0 Å². The number of hydrogen-bond acceptors (Lipinski definition) is 3. The highest BCUT2D eigenvalue weighted by Gasteiger charge is 2.22. The number of rotatable bonds is 6. The van der Waals surface area contributed by atoms with Gasteiger partial charge in [0, 0.05) is 5.57 Å². The van der Waals surface area contributed by atoms with E-state index in [-0.39, 0.29) is 0 Å². The molecular weight excluding hydrogens is 212 g/mol. The van der Waals surface area contributed by atoms with E-state index in [9.17, 15) is 14.4 Å². The van der Waals surface area contributed by atoms with E-state index < -0.39 is 30.2 Å². The molecule has 1 atom stereocenters. The van der Waals surface area contributed by atoms with E-state index in [0.29, 0.717) is 12.0 Å². The molecule has 0 aliphatic carbocycles. The molecule has 0 radical (unpaired) electrons. The van der Waals surface area contributed by atoms with E-state index in [1.54, 1.807) is 13.0 Å². The molecule has 0 spiro atoms. The highest BCUT2D eigenvalue weighted by Crippen LogP contribution is 1.98. The van der Waals surface area contributed by atoms with Crippen LogP contribution in [-0.2, 0) is 14.4 Å². The zero-order valence-electron chi connectivity index (χ0n) is 9.32. The summed E-state index contributed by atoms with van der Waals surface area (Å²) in [4.78, 5) is 32.7. The molecule has 0 heterocycles. The van der Waals surface area contributed by atoms with Crippen LogP contribution in [0, 0.1) is 0 Å². The molecule has 0 rings (SSSR count). The van der Waals surface area contributed by atoms with Crippen molar-refractivity contribution in [1.82, 2.24) is 5.32 Å². The summed E-state index contributed by atoms with van der Waals surface area (Å²) in [6.45, 7) is 3.43. The molecule has 4 N–H and O–H groups in total. The second-order valence-electron chi connectivity index (χ2n) is 3.33. The maximum Gasteiger partial charge on any atom is 0.326 e. The van der Waals surface area contributed by atoms with Crippen LogP contribution in [0.2, 0.25) is 0 Å². The Morgan fingerprint density at radius 2 is 2.00 bits per heavy atom. The van der Waals surface area contributed by atoms with Crippen molar-refractivity contribution in [3.8, 4) is 0 Å². The smallest absolute Gasteiger partial charge is 0.326 e. The third kappa shape index (κ3) is 5.14. The number of primary amides is 1. The minimum atomic E-state index is -1.28. The van der Waals surface area contributed by atoms with Crippen LogP contribution < -0.4 is 11.1 Å². The normalized spacial score (nSPS) is 13.0. The Labute approximate surface area is 93.5 Å². The molecule has 0 aromatic rings. The van der Waals surface area contributed by atoms with Crippen LogP contribution in [0.5, 0.6) is 0 Å². The number of allylic oxidation sites excluding steroid dienone is 1. The van der Waals surface area contributed by atoms with Crippen molar-refractivity contribution in [2.75, 3.05) is 0 Å². The monoisotopic (exact) mass is 228 g/mol. The van der Waals surface area contributed by atoms with Gasteiger partial charge in [-0.2, -0.15) is 0 Å². The number of nitrogens with one attached hydrogen (secondary N) is 1. The number of aliphatic carboxylic acids is 1. The second kappa shape index (κ2) is 6.60. The van der Waals surface area contributed by atoms with Crippen molar-refractivity contribution in [2.24, 2.45) is 5.73 Å². The van der Waals surface area contributed by atoms with Crippen LogP contribution in [0.4, 0.5) is 0 Å². The molecule has 0 aromatic carbocycles. The fourth-order valence-corrected chi connectivity index (χ4v) is 1.07. The van der Waals surface area contributed by atoms with Crippen molar-refractivity contribution in [2.45, 2.75) is 32.7 Å². The molecule has 2 amide bonds. The molecule has 90 valence electrons. The van der Waals surface area contributed by atoms with Crippen LogP contribution in [0.15, 0.2) is 11.6 Å². The predicted octanol–water partition coefficient (Wildman–Crippen LogP) is -0.212. The third-order valence-electron chi connectivity index (χ3n) is 1.88. The zero-order valence-corrected chi connectivity index (χ0v) is 9.32. The van der Waals surface area contributed by atoms with Gasteiger partial charge in [-0.25, -0.2) is 4.79 Å². The second-order valence-corrected chi connectivity index (χ2v) is 3.33. The fraction of sp³-hybridized carbons (Fsp3) is 0.500. The van der Waals surface area contributed by atoms with E-state index in [1.807, 2.05) is 6.92 Å². The molecule has 0 bridgehead atoms. The van der Waals surface area contributed by atoms with Crippen LogP contribution in [0.3, 0.4) is 0 Å². The average molecular weight is 228 g/mol. The maximum absolute atomic E-state index is 11.4. The molecule has 0 saturated heterocycles. The molecule has 0 unspecified atom stereocenters. The summed E-state index contributed by atoms with van der Waals surface area (Å²) in [6, 6.07) is -1.27. The topological polar surface area (TPSA) is 109 Å². The van der Waals surface area contributed by atoms with Crippen molar-refractivity contribution >= 4 is 17.8 Å². The maximum atomic E-state index is 11.4. The third-order valence-corrected chi connectivity index (χ3v) is 1.88. The van der Waals surface area contributed by atoms with Crippen LogP contribution >= 0.6 is 0 Å². The quantitative estimate of drug-likeness (QED) is 0.546. The van der Waals surface area contributed by atoms with E-state index in [2.05, 4.69) is 5.32 Å². The van der Waals surface area contributed by atoms with Gasteiger partial charge in [0.25, 0.3) is 0 Å². The first-order valence-electron chi connectivity index (χ1n) is 4.87. The Hall–Kier alpha value is -1.85. The molecule has 16 heavy (non-hydrogen) atoms. The number of hydrogen-bond donors (Lipinski definition) is 3. The van der Waals surface area contributed by atoms with Crippen LogP contribution in [-0.4, -0.2) is 28.9 Å². The van der Waals surface area contributed by atoms with Gasteiger partial charge in [0.15, 0.2) is 0 Å². The summed E-state index contributed by atoms with van der Waals surface area (Å²) < 4.78 is 0. The molecule has 0 aliphatic heterocycles. The van der Waals surface area contributed by atoms with Gasteiger partial charge in [-0.1, -0.05) is 13.0 Å². The standard InChI is InChI=1S/C10H16N2O4/c1-3-4-6(2)9(14)12-7(10(15)16)5-8(11)13/h4,7H,3,5H2,1-2H3,(H2,11,13)(H,12,14)(H,15,16)/t7-/m0/s1. The lowest BCUT2D eigenvalue weighted by atomic mass is 10.1. The van der Waals surface area contributed by atoms with E-state index >= 15 is 0 Å².